The van der Waals surface area contributed by atoms with Crippen molar-refractivity contribution in [3.8, 4) is 0 Å². The van der Waals surface area contributed by atoms with E-state index >= 15 is 0 Å². The van der Waals surface area contributed by atoms with Gasteiger partial charge in [-0.2, -0.15) is 0 Å². The first-order valence-corrected chi connectivity index (χ1v) is 16.1. The smallest absolute Gasteiger partial charge is 0.119 e. The van der Waals surface area contributed by atoms with Gasteiger partial charge in [0.15, 0.2) is 0 Å². The van der Waals surface area contributed by atoms with Gasteiger partial charge in [-0.3, -0.25) is 0 Å². The minimum absolute atomic E-state index is 0.152. The van der Waals surface area contributed by atoms with Gasteiger partial charge in [0, 0.05) is 13.0 Å². The van der Waals surface area contributed by atoms with Crippen LogP contribution in [-0.2, 0) is 4.79 Å². The van der Waals surface area contributed by atoms with Crippen LogP contribution in [0.5, 0.6) is 0 Å². The van der Waals surface area contributed by atoms with Gasteiger partial charge >= 0.3 is 0 Å². The standard InChI is InChI=1S/C32H65NO3/c1-3-5-7-12-18-24-31(23-17-8-6-4-2)25-19-13-11-15-21-27-33(29-32(36)30-35)26-20-14-9-10-16-22-28-34/h28,31-32,35-36H,3-27,29-30H2,1-2H3. The third kappa shape index (κ3) is 25.2. The second-order valence-corrected chi connectivity index (χ2v) is 11.3. The van der Waals surface area contributed by atoms with Gasteiger partial charge in [0.25, 0.3) is 0 Å². The maximum atomic E-state index is 10.4. The molecule has 2 atom stereocenters. The van der Waals surface area contributed by atoms with E-state index < -0.39 is 6.10 Å². The minimum Gasteiger partial charge on any atom is -0.394 e. The first kappa shape index (κ1) is 35.5. The molecule has 2 N–H and O–H groups in total. The average molecular weight is 512 g/mol. The highest BCUT2D eigenvalue weighted by molar-refractivity contribution is 5.48. The fourth-order valence-corrected chi connectivity index (χ4v) is 5.37. The van der Waals surface area contributed by atoms with Gasteiger partial charge in [0.05, 0.1) is 12.7 Å². The molecule has 0 rings (SSSR count). The average Bonchev–Trinajstić information content (AvgIpc) is 2.88. The lowest BCUT2D eigenvalue weighted by Gasteiger charge is -2.24. The monoisotopic (exact) mass is 511 g/mol. The summed E-state index contributed by atoms with van der Waals surface area (Å²) in [7, 11) is 0. The molecule has 0 aromatic heterocycles. The predicted molar refractivity (Wildman–Crippen MR) is 157 cm³/mol. The number of aliphatic hydroxyl groups is 2. The van der Waals surface area contributed by atoms with Crippen LogP contribution in [-0.4, -0.2) is 53.7 Å². The van der Waals surface area contributed by atoms with Crippen LogP contribution in [0.25, 0.3) is 0 Å². The van der Waals surface area contributed by atoms with Crippen LogP contribution in [0.4, 0.5) is 0 Å². The Balaban J connectivity index is 4.05. The Morgan fingerprint density at radius 2 is 1.03 bits per heavy atom. The van der Waals surface area contributed by atoms with E-state index in [1.165, 1.54) is 122 Å². The Hall–Kier alpha value is -0.450. The molecular formula is C32H65NO3. The summed E-state index contributed by atoms with van der Waals surface area (Å²) in [5, 5.41) is 19.2. The molecule has 0 fully saturated rings. The first-order valence-electron chi connectivity index (χ1n) is 16.1. The zero-order valence-corrected chi connectivity index (χ0v) is 24.6. The van der Waals surface area contributed by atoms with Crippen molar-refractivity contribution in [1.29, 1.82) is 0 Å². The number of rotatable bonds is 30. The van der Waals surface area contributed by atoms with Crippen LogP contribution in [0.2, 0.25) is 0 Å². The maximum Gasteiger partial charge on any atom is 0.119 e. The molecule has 0 aliphatic rings. The van der Waals surface area contributed by atoms with E-state index in [0.717, 1.165) is 44.6 Å². The summed E-state index contributed by atoms with van der Waals surface area (Å²) < 4.78 is 0. The van der Waals surface area contributed by atoms with Crippen molar-refractivity contribution < 1.29 is 15.0 Å². The van der Waals surface area contributed by atoms with Gasteiger partial charge in [0.1, 0.15) is 6.29 Å². The number of carbonyl (C=O) groups is 1. The SMILES string of the molecule is CCCCCCCC(CCCCCC)CCCCCCCN(CCCCCCCC=O)CC(O)CO. The van der Waals surface area contributed by atoms with Crippen molar-refractivity contribution >= 4 is 6.29 Å². The van der Waals surface area contributed by atoms with E-state index in [4.69, 9.17) is 0 Å². The number of aldehydes is 1. The zero-order chi connectivity index (χ0) is 26.5. The summed E-state index contributed by atoms with van der Waals surface area (Å²) in [6.45, 7) is 7.07. The van der Waals surface area contributed by atoms with Crippen LogP contribution in [0.3, 0.4) is 0 Å². The van der Waals surface area contributed by atoms with Gasteiger partial charge in [-0.1, -0.05) is 136 Å². The van der Waals surface area contributed by atoms with Gasteiger partial charge in [-0.25, -0.2) is 0 Å². The van der Waals surface area contributed by atoms with Crippen molar-refractivity contribution in [2.45, 2.75) is 168 Å². The van der Waals surface area contributed by atoms with E-state index in [2.05, 4.69) is 18.7 Å². The van der Waals surface area contributed by atoms with Crippen molar-refractivity contribution in [2.24, 2.45) is 5.92 Å². The van der Waals surface area contributed by atoms with Crippen molar-refractivity contribution in [3.63, 3.8) is 0 Å². The quantitative estimate of drug-likeness (QED) is 0.0750. The summed E-state index contributed by atoms with van der Waals surface area (Å²) >= 11 is 0. The van der Waals surface area contributed by atoms with E-state index in [9.17, 15) is 15.0 Å². The highest BCUT2D eigenvalue weighted by Crippen LogP contribution is 2.24. The van der Waals surface area contributed by atoms with Crippen molar-refractivity contribution in [1.82, 2.24) is 4.90 Å². The Labute approximate surface area is 226 Å². The summed E-state index contributed by atoms with van der Waals surface area (Å²) in [6.07, 6.45) is 30.2. The number of hydrogen-bond acceptors (Lipinski definition) is 4. The van der Waals surface area contributed by atoms with E-state index in [0.29, 0.717) is 13.0 Å². The molecule has 4 heteroatoms. The summed E-state index contributed by atoms with van der Waals surface area (Å²) in [4.78, 5) is 12.7. The zero-order valence-electron chi connectivity index (χ0n) is 24.6. The molecule has 0 aliphatic carbocycles. The predicted octanol–water partition coefficient (Wildman–Crippen LogP) is 8.47. The summed E-state index contributed by atoms with van der Waals surface area (Å²) in [5.41, 5.74) is 0. The molecular weight excluding hydrogens is 446 g/mol. The second kappa shape index (κ2) is 29.1. The van der Waals surface area contributed by atoms with E-state index in [-0.39, 0.29) is 6.61 Å². The molecule has 0 heterocycles. The Bertz CT molecular complexity index is 432. The molecule has 0 aromatic rings. The maximum absolute atomic E-state index is 10.4. The highest BCUT2D eigenvalue weighted by Gasteiger charge is 2.11. The Kier molecular flexibility index (Phi) is 28.7. The lowest BCUT2D eigenvalue weighted by Crippen LogP contribution is -2.35. The number of hydrogen-bond donors (Lipinski definition) is 2. The third-order valence-electron chi connectivity index (χ3n) is 7.74. The fourth-order valence-electron chi connectivity index (χ4n) is 5.37. The largest absolute Gasteiger partial charge is 0.394 e. The molecule has 0 aliphatic heterocycles. The summed E-state index contributed by atoms with van der Waals surface area (Å²) in [5.74, 6) is 0.956. The van der Waals surface area contributed by atoms with Crippen LogP contribution >= 0.6 is 0 Å². The number of unbranched alkanes of at least 4 members (excludes halogenated alkanes) is 16. The lowest BCUT2D eigenvalue weighted by atomic mass is 9.89. The van der Waals surface area contributed by atoms with Crippen LogP contribution < -0.4 is 0 Å². The van der Waals surface area contributed by atoms with Crippen LogP contribution in [0, 0.1) is 5.92 Å². The van der Waals surface area contributed by atoms with Crippen LogP contribution in [0.1, 0.15) is 162 Å². The molecule has 0 saturated heterocycles. The van der Waals surface area contributed by atoms with Crippen LogP contribution in [0.15, 0.2) is 0 Å². The minimum atomic E-state index is -0.631. The molecule has 36 heavy (non-hydrogen) atoms. The third-order valence-corrected chi connectivity index (χ3v) is 7.74. The Morgan fingerprint density at radius 3 is 1.50 bits per heavy atom. The fraction of sp³-hybridized carbons (Fsp3) is 0.969. The molecule has 0 bridgehead atoms. The molecule has 4 nitrogen and oxygen atoms in total. The molecule has 0 aromatic carbocycles. The van der Waals surface area contributed by atoms with E-state index in [1.807, 2.05) is 0 Å². The number of carbonyl (C=O) groups excluding carboxylic acids is 1. The van der Waals surface area contributed by atoms with E-state index in [1.54, 1.807) is 0 Å². The molecule has 0 amide bonds. The molecule has 0 spiro atoms. The molecule has 0 saturated carbocycles. The normalized spacial score (nSPS) is 13.4. The molecule has 216 valence electrons. The molecule has 0 radical (unpaired) electrons. The van der Waals surface area contributed by atoms with Gasteiger partial charge in [0.2, 0.25) is 0 Å². The Morgan fingerprint density at radius 1 is 0.611 bits per heavy atom. The second-order valence-electron chi connectivity index (χ2n) is 11.3. The number of aliphatic hydroxyl groups excluding tert-OH is 2. The molecule has 2 unspecified atom stereocenters. The first-order chi connectivity index (χ1) is 17.7. The van der Waals surface area contributed by atoms with Crippen molar-refractivity contribution in [2.75, 3.05) is 26.2 Å². The van der Waals surface area contributed by atoms with Gasteiger partial charge in [-0.05, 0) is 38.3 Å². The number of nitrogens with zero attached hydrogens (tertiary/aromatic N) is 1. The highest BCUT2D eigenvalue weighted by atomic mass is 16.3. The van der Waals surface area contributed by atoms with Crippen molar-refractivity contribution in [3.05, 3.63) is 0 Å². The summed E-state index contributed by atoms with van der Waals surface area (Å²) in [6, 6.07) is 0. The van der Waals surface area contributed by atoms with Gasteiger partial charge < -0.3 is 19.9 Å². The van der Waals surface area contributed by atoms with Gasteiger partial charge in [-0.15, -0.1) is 0 Å². The topological polar surface area (TPSA) is 60.8 Å². The lowest BCUT2D eigenvalue weighted by molar-refractivity contribution is -0.107.